The first-order valence-electron chi connectivity index (χ1n) is 22.2. The van der Waals surface area contributed by atoms with Gasteiger partial charge in [-0.2, -0.15) is 0 Å². The summed E-state index contributed by atoms with van der Waals surface area (Å²) in [5, 5.41) is 22.9. The van der Waals surface area contributed by atoms with Crippen molar-refractivity contribution in [2.24, 2.45) is 0 Å². The molecule has 0 radical (unpaired) electrons. The summed E-state index contributed by atoms with van der Waals surface area (Å²) in [5.74, 6) is -0.0899. The lowest BCUT2D eigenvalue weighted by atomic mass is 10.0. The molecular weight excluding hydrogens is 615 g/mol. The van der Waals surface area contributed by atoms with Crippen molar-refractivity contribution in [1.29, 1.82) is 0 Å². The zero-order chi connectivity index (χ0) is 36.4. The molecule has 50 heavy (non-hydrogen) atoms. The fourth-order valence-corrected chi connectivity index (χ4v) is 6.66. The maximum atomic E-state index is 12.3. The number of hydrogen-bond donors (Lipinski definition) is 3. The molecule has 4 heteroatoms. The quantitative estimate of drug-likeness (QED) is 0.0440. The minimum absolute atomic E-state index is 0.0899. The van der Waals surface area contributed by atoms with Gasteiger partial charge < -0.3 is 15.5 Å². The van der Waals surface area contributed by atoms with Crippen LogP contribution in [0.4, 0.5) is 0 Å². The second-order valence-electron chi connectivity index (χ2n) is 15.1. The predicted octanol–water partition coefficient (Wildman–Crippen LogP) is 13.8. The fourth-order valence-electron chi connectivity index (χ4n) is 6.66. The minimum atomic E-state index is -0.866. The average Bonchev–Trinajstić information content (AvgIpc) is 3.12. The van der Waals surface area contributed by atoms with Gasteiger partial charge in [0.2, 0.25) is 5.91 Å². The van der Waals surface area contributed by atoms with Gasteiger partial charge >= 0.3 is 0 Å². The van der Waals surface area contributed by atoms with Gasteiger partial charge in [-0.3, -0.25) is 4.79 Å². The molecule has 0 fully saturated rings. The summed E-state index contributed by atoms with van der Waals surface area (Å²) in [5.41, 5.74) is 0. The van der Waals surface area contributed by atoms with Crippen molar-refractivity contribution in [2.45, 2.75) is 244 Å². The molecule has 0 saturated heterocycles. The standard InChI is InChI=1S/C46H87NO3/c1-3-5-7-9-11-13-15-17-18-19-20-21-22-23-24-25-26-27-28-30-31-33-35-37-39-41-45(49)44(43-48)47-46(50)42-40-38-36-34-32-29-16-14-12-10-8-6-4-2/h29,31-33,39,41,44-45,48-49H,3-28,30,34-38,40,42-43H2,1-2H3,(H,47,50)/b32-29-,33-31+,41-39+. The van der Waals surface area contributed by atoms with E-state index < -0.39 is 12.1 Å². The van der Waals surface area contributed by atoms with E-state index in [2.05, 4.69) is 43.5 Å². The molecule has 0 aromatic heterocycles. The summed E-state index contributed by atoms with van der Waals surface area (Å²) in [7, 11) is 0. The Morgan fingerprint density at radius 1 is 0.460 bits per heavy atom. The van der Waals surface area contributed by atoms with Crippen molar-refractivity contribution in [3.63, 3.8) is 0 Å². The van der Waals surface area contributed by atoms with Gasteiger partial charge in [0, 0.05) is 6.42 Å². The van der Waals surface area contributed by atoms with Gasteiger partial charge in [0.05, 0.1) is 18.8 Å². The van der Waals surface area contributed by atoms with Gasteiger partial charge in [0.15, 0.2) is 0 Å². The van der Waals surface area contributed by atoms with E-state index in [1.54, 1.807) is 6.08 Å². The average molecular weight is 702 g/mol. The number of rotatable bonds is 40. The van der Waals surface area contributed by atoms with Crippen LogP contribution in [0.2, 0.25) is 0 Å². The Kier molecular flexibility index (Phi) is 40.9. The Morgan fingerprint density at radius 3 is 1.16 bits per heavy atom. The van der Waals surface area contributed by atoms with Gasteiger partial charge in [-0.1, -0.05) is 204 Å². The maximum absolute atomic E-state index is 12.3. The molecule has 0 aliphatic rings. The van der Waals surface area contributed by atoms with Crippen molar-refractivity contribution >= 4 is 5.91 Å². The van der Waals surface area contributed by atoms with E-state index in [0.717, 1.165) is 44.9 Å². The zero-order valence-electron chi connectivity index (χ0n) is 33.7. The Hall–Kier alpha value is -1.39. The van der Waals surface area contributed by atoms with Gasteiger partial charge in [-0.15, -0.1) is 0 Å². The molecule has 2 atom stereocenters. The molecule has 0 aliphatic heterocycles. The normalized spacial score (nSPS) is 13.3. The Bertz CT molecular complexity index is 760. The van der Waals surface area contributed by atoms with Crippen LogP contribution in [0.25, 0.3) is 0 Å². The molecule has 294 valence electrons. The van der Waals surface area contributed by atoms with Crippen LogP contribution in [-0.2, 0) is 4.79 Å². The van der Waals surface area contributed by atoms with Crippen LogP contribution in [0.3, 0.4) is 0 Å². The largest absolute Gasteiger partial charge is 0.394 e. The molecule has 0 heterocycles. The van der Waals surface area contributed by atoms with Crippen LogP contribution in [0.15, 0.2) is 36.5 Å². The lowest BCUT2D eigenvalue weighted by Crippen LogP contribution is -2.45. The molecular formula is C46H87NO3. The van der Waals surface area contributed by atoms with E-state index in [4.69, 9.17) is 0 Å². The van der Waals surface area contributed by atoms with Gasteiger partial charge in [-0.05, 0) is 57.8 Å². The molecule has 4 nitrogen and oxygen atoms in total. The number of carbonyl (C=O) groups is 1. The monoisotopic (exact) mass is 702 g/mol. The third kappa shape index (κ3) is 37.9. The van der Waals surface area contributed by atoms with Crippen molar-refractivity contribution in [3.8, 4) is 0 Å². The summed E-state index contributed by atoms with van der Waals surface area (Å²) in [6, 6.07) is -0.645. The summed E-state index contributed by atoms with van der Waals surface area (Å²) in [6.45, 7) is 4.29. The summed E-state index contributed by atoms with van der Waals surface area (Å²) >= 11 is 0. The number of aliphatic hydroxyl groups is 2. The third-order valence-corrected chi connectivity index (χ3v) is 10.1. The highest BCUT2D eigenvalue weighted by Crippen LogP contribution is 2.15. The number of amides is 1. The topological polar surface area (TPSA) is 69.6 Å². The molecule has 2 unspecified atom stereocenters. The first-order valence-corrected chi connectivity index (χ1v) is 22.2. The van der Waals surface area contributed by atoms with E-state index >= 15 is 0 Å². The molecule has 0 bridgehead atoms. The van der Waals surface area contributed by atoms with Crippen LogP contribution in [0, 0.1) is 0 Å². The van der Waals surface area contributed by atoms with Crippen LogP contribution < -0.4 is 5.32 Å². The van der Waals surface area contributed by atoms with Crippen LogP contribution >= 0.6 is 0 Å². The molecule has 3 N–H and O–H groups in total. The molecule has 0 aromatic carbocycles. The predicted molar refractivity (Wildman–Crippen MR) is 221 cm³/mol. The van der Waals surface area contributed by atoms with Gasteiger partial charge in [-0.25, -0.2) is 0 Å². The highest BCUT2D eigenvalue weighted by molar-refractivity contribution is 5.76. The minimum Gasteiger partial charge on any atom is -0.394 e. The summed E-state index contributed by atoms with van der Waals surface area (Å²) < 4.78 is 0. The molecule has 0 aliphatic carbocycles. The van der Waals surface area contributed by atoms with Crippen molar-refractivity contribution in [1.82, 2.24) is 5.32 Å². The molecule has 0 rings (SSSR count). The van der Waals surface area contributed by atoms with Gasteiger partial charge in [0.1, 0.15) is 0 Å². The summed E-state index contributed by atoms with van der Waals surface area (Å²) in [4.78, 5) is 12.3. The first kappa shape index (κ1) is 48.6. The van der Waals surface area contributed by atoms with E-state index in [1.807, 2.05) is 6.08 Å². The number of carbonyl (C=O) groups excluding carboxylic acids is 1. The second kappa shape index (κ2) is 42.0. The van der Waals surface area contributed by atoms with Crippen LogP contribution in [0.1, 0.15) is 232 Å². The molecule has 1 amide bonds. The second-order valence-corrected chi connectivity index (χ2v) is 15.1. The van der Waals surface area contributed by atoms with Crippen LogP contribution in [0.5, 0.6) is 0 Å². The number of hydrogen-bond acceptors (Lipinski definition) is 3. The Balaban J connectivity index is 3.58. The number of nitrogens with one attached hydrogen (secondary N) is 1. The van der Waals surface area contributed by atoms with Crippen LogP contribution in [-0.4, -0.2) is 34.9 Å². The zero-order valence-corrected chi connectivity index (χ0v) is 33.7. The third-order valence-electron chi connectivity index (χ3n) is 10.1. The van der Waals surface area contributed by atoms with E-state index in [-0.39, 0.29) is 12.5 Å². The number of unbranched alkanes of at least 4 members (excludes halogenated alkanes) is 29. The number of aliphatic hydroxyl groups excluding tert-OH is 2. The number of allylic oxidation sites excluding steroid dienone is 5. The first-order chi connectivity index (χ1) is 24.7. The van der Waals surface area contributed by atoms with Crippen molar-refractivity contribution in [3.05, 3.63) is 36.5 Å². The summed E-state index contributed by atoms with van der Waals surface area (Å²) in [6.07, 6.45) is 55.5. The highest BCUT2D eigenvalue weighted by atomic mass is 16.3. The molecule has 0 aromatic rings. The SMILES string of the molecule is CCCCCCCC/C=C\CCCCCC(=O)NC(CO)C(O)/C=C/CC/C=C/CCCCCCCCCCCCCCCCCCCCC. The molecule has 0 saturated carbocycles. The lowest BCUT2D eigenvalue weighted by molar-refractivity contribution is -0.123. The Morgan fingerprint density at radius 2 is 0.780 bits per heavy atom. The van der Waals surface area contributed by atoms with E-state index in [1.165, 1.54) is 167 Å². The highest BCUT2D eigenvalue weighted by Gasteiger charge is 2.17. The maximum Gasteiger partial charge on any atom is 0.220 e. The van der Waals surface area contributed by atoms with E-state index in [9.17, 15) is 15.0 Å². The Labute approximate surface area is 312 Å². The fraction of sp³-hybridized carbons (Fsp3) is 0.848. The molecule has 0 spiro atoms. The lowest BCUT2D eigenvalue weighted by Gasteiger charge is -2.19. The van der Waals surface area contributed by atoms with E-state index in [0.29, 0.717) is 6.42 Å². The smallest absolute Gasteiger partial charge is 0.220 e. The van der Waals surface area contributed by atoms with Crippen molar-refractivity contribution < 1.29 is 15.0 Å². The van der Waals surface area contributed by atoms with Gasteiger partial charge in [0.25, 0.3) is 0 Å². The van der Waals surface area contributed by atoms with Crippen molar-refractivity contribution in [2.75, 3.05) is 6.61 Å².